The Morgan fingerprint density at radius 2 is 2.08 bits per heavy atom. The fourth-order valence-corrected chi connectivity index (χ4v) is 3.51. The zero-order chi connectivity index (χ0) is 18.3. The third-order valence-electron chi connectivity index (χ3n) is 4.84. The van der Waals surface area contributed by atoms with Crippen molar-refractivity contribution in [3.05, 3.63) is 47.9 Å². The van der Waals surface area contributed by atoms with E-state index in [-0.39, 0.29) is 17.3 Å². The molecule has 1 aromatic carbocycles. The molecule has 26 heavy (non-hydrogen) atoms. The molecule has 132 valence electrons. The fourth-order valence-electron chi connectivity index (χ4n) is 3.51. The first-order chi connectivity index (χ1) is 12.6. The number of likely N-dealkylation sites (N-methyl/N-ethyl adjacent to an activating group) is 1. The summed E-state index contributed by atoms with van der Waals surface area (Å²) in [5.41, 5.74) is 0.627. The molecule has 0 saturated carbocycles. The summed E-state index contributed by atoms with van der Waals surface area (Å²) in [6.45, 7) is 1.32. The second kappa shape index (κ2) is 6.26. The van der Waals surface area contributed by atoms with Crippen LogP contribution >= 0.6 is 0 Å². The minimum atomic E-state index is -0.724. The number of aromatic nitrogens is 3. The number of hydrogen-bond acceptors (Lipinski definition) is 5. The number of H-pyrrole nitrogens is 1. The van der Waals surface area contributed by atoms with Gasteiger partial charge in [-0.2, -0.15) is 5.26 Å². The molecular formula is C18H16F2N6. The molecule has 1 aliphatic rings. The van der Waals surface area contributed by atoms with E-state index < -0.39 is 11.6 Å². The van der Waals surface area contributed by atoms with Gasteiger partial charge in [-0.1, -0.05) is 0 Å². The van der Waals surface area contributed by atoms with Gasteiger partial charge in [0.15, 0.2) is 11.6 Å². The molecule has 0 bridgehead atoms. The highest BCUT2D eigenvalue weighted by Gasteiger charge is 2.30. The van der Waals surface area contributed by atoms with Crippen LogP contribution in [0, 0.1) is 23.0 Å². The molecule has 8 heteroatoms. The Kier molecular flexibility index (Phi) is 3.92. The Morgan fingerprint density at radius 1 is 1.31 bits per heavy atom. The van der Waals surface area contributed by atoms with E-state index in [2.05, 4.69) is 19.9 Å². The third-order valence-corrected chi connectivity index (χ3v) is 4.84. The van der Waals surface area contributed by atoms with Crippen molar-refractivity contribution < 1.29 is 8.78 Å². The highest BCUT2D eigenvalue weighted by atomic mass is 19.1. The molecule has 2 aromatic heterocycles. The molecule has 0 spiro atoms. The van der Waals surface area contributed by atoms with E-state index in [4.69, 9.17) is 5.26 Å². The summed E-state index contributed by atoms with van der Waals surface area (Å²) in [6, 6.07) is 5.74. The summed E-state index contributed by atoms with van der Waals surface area (Å²) < 4.78 is 28.6. The zero-order valence-corrected chi connectivity index (χ0v) is 14.1. The Balaban J connectivity index is 1.59. The van der Waals surface area contributed by atoms with E-state index in [9.17, 15) is 8.78 Å². The predicted molar refractivity (Wildman–Crippen MR) is 94.0 cm³/mol. The molecule has 0 aliphatic carbocycles. The second-order valence-corrected chi connectivity index (χ2v) is 6.34. The van der Waals surface area contributed by atoms with Crippen LogP contribution in [0.1, 0.15) is 12.0 Å². The highest BCUT2D eigenvalue weighted by Crippen LogP contribution is 2.31. The Bertz CT molecular complexity index is 985. The lowest BCUT2D eigenvalue weighted by Crippen LogP contribution is -2.36. The van der Waals surface area contributed by atoms with E-state index >= 15 is 0 Å². The largest absolute Gasteiger partial charge is 0.365 e. The summed E-state index contributed by atoms with van der Waals surface area (Å²) in [5, 5.41) is 9.76. The van der Waals surface area contributed by atoms with Gasteiger partial charge in [-0.3, -0.25) is 0 Å². The number of nitrogens with zero attached hydrogens (tertiary/aromatic N) is 5. The van der Waals surface area contributed by atoms with Gasteiger partial charge < -0.3 is 14.8 Å². The number of nitriles is 1. The molecular weight excluding hydrogens is 338 g/mol. The molecule has 1 aliphatic heterocycles. The molecule has 3 heterocycles. The average molecular weight is 354 g/mol. The minimum absolute atomic E-state index is 0.0268. The van der Waals surface area contributed by atoms with Gasteiger partial charge in [0.05, 0.1) is 17.0 Å². The summed E-state index contributed by atoms with van der Waals surface area (Å²) in [5.74, 6) is -0.636. The van der Waals surface area contributed by atoms with Gasteiger partial charge in [0.2, 0.25) is 0 Å². The van der Waals surface area contributed by atoms with E-state index in [0.29, 0.717) is 6.54 Å². The lowest BCUT2D eigenvalue weighted by atomic mass is 10.1. The number of fused-ring (bicyclic) bond motifs is 1. The van der Waals surface area contributed by atoms with Crippen molar-refractivity contribution in [3.63, 3.8) is 0 Å². The zero-order valence-electron chi connectivity index (χ0n) is 14.1. The summed E-state index contributed by atoms with van der Waals surface area (Å²) in [6.07, 6.45) is 4.06. The Labute approximate surface area is 148 Å². The van der Waals surface area contributed by atoms with Crippen LogP contribution in [0.15, 0.2) is 30.7 Å². The quantitative estimate of drug-likeness (QED) is 0.783. The van der Waals surface area contributed by atoms with E-state index in [1.807, 2.05) is 12.3 Å². The number of hydrogen-bond donors (Lipinski definition) is 1. The van der Waals surface area contributed by atoms with Gasteiger partial charge in [0.25, 0.3) is 0 Å². The molecule has 1 N–H and O–H groups in total. The summed E-state index contributed by atoms with van der Waals surface area (Å²) >= 11 is 0. The average Bonchev–Trinajstić information content (AvgIpc) is 3.29. The lowest BCUT2D eigenvalue weighted by molar-refractivity contribution is 0.560. The van der Waals surface area contributed by atoms with Crippen molar-refractivity contribution in [1.82, 2.24) is 15.0 Å². The molecule has 3 aromatic rings. The maximum atomic E-state index is 14.3. The van der Waals surface area contributed by atoms with Crippen molar-refractivity contribution in [3.8, 4) is 6.07 Å². The smallest absolute Gasteiger partial charge is 0.150 e. The van der Waals surface area contributed by atoms with E-state index in [1.54, 1.807) is 18.0 Å². The van der Waals surface area contributed by atoms with Crippen LogP contribution < -0.4 is 9.80 Å². The van der Waals surface area contributed by atoms with Gasteiger partial charge in [0, 0.05) is 32.4 Å². The first-order valence-corrected chi connectivity index (χ1v) is 8.23. The molecule has 1 fully saturated rings. The van der Waals surface area contributed by atoms with Gasteiger partial charge in [-0.25, -0.2) is 18.7 Å². The van der Waals surface area contributed by atoms with Gasteiger partial charge >= 0.3 is 0 Å². The van der Waals surface area contributed by atoms with Crippen molar-refractivity contribution in [2.24, 2.45) is 0 Å². The van der Waals surface area contributed by atoms with Crippen LogP contribution in [0.5, 0.6) is 0 Å². The van der Waals surface area contributed by atoms with Gasteiger partial charge in [-0.15, -0.1) is 0 Å². The molecule has 4 rings (SSSR count). The fraction of sp³-hybridized carbons (Fsp3) is 0.278. The lowest BCUT2D eigenvalue weighted by Gasteiger charge is -2.28. The standard InChI is InChI=1S/C18H16F2N6/c1-25(16-14(19)6-11(8-21)7-15(16)20)12-3-5-26(9-12)18-13-2-4-22-17(13)23-10-24-18/h2,4,6-7,10,12H,3,5,9H2,1H3,(H,22,23,24). The Morgan fingerprint density at radius 3 is 2.81 bits per heavy atom. The van der Waals surface area contributed by atoms with Gasteiger partial charge in [-0.05, 0) is 24.6 Å². The molecule has 1 saturated heterocycles. The summed E-state index contributed by atoms with van der Waals surface area (Å²) in [7, 11) is 1.67. The van der Waals surface area contributed by atoms with Crippen LogP contribution in [0.4, 0.5) is 20.3 Å². The maximum absolute atomic E-state index is 14.3. The number of anilines is 2. The molecule has 1 unspecified atom stereocenters. The van der Waals surface area contributed by atoms with Crippen LogP contribution in [-0.2, 0) is 0 Å². The molecule has 1 atom stereocenters. The molecule has 0 radical (unpaired) electrons. The number of benzene rings is 1. The first kappa shape index (κ1) is 16.3. The third kappa shape index (κ3) is 2.62. The van der Waals surface area contributed by atoms with Crippen molar-refractivity contribution >= 4 is 22.5 Å². The van der Waals surface area contributed by atoms with Crippen LogP contribution in [0.2, 0.25) is 0 Å². The number of halogens is 2. The van der Waals surface area contributed by atoms with Crippen molar-refractivity contribution in [2.45, 2.75) is 12.5 Å². The normalized spacial score (nSPS) is 16.8. The van der Waals surface area contributed by atoms with Gasteiger partial charge in [0.1, 0.15) is 23.5 Å². The number of rotatable bonds is 3. The van der Waals surface area contributed by atoms with Crippen molar-refractivity contribution in [1.29, 1.82) is 5.26 Å². The summed E-state index contributed by atoms with van der Waals surface area (Å²) in [4.78, 5) is 15.3. The minimum Gasteiger partial charge on any atom is -0.365 e. The second-order valence-electron chi connectivity index (χ2n) is 6.34. The highest BCUT2D eigenvalue weighted by molar-refractivity contribution is 5.87. The topological polar surface area (TPSA) is 71.8 Å². The van der Waals surface area contributed by atoms with E-state index in [1.165, 1.54) is 6.33 Å². The molecule has 0 amide bonds. The van der Waals surface area contributed by atoms with Crippen LogP contribution in [0.25, 0.3) is 11.0 Å². The number of nitrogens with one attached hydrogen (secondary N) is 1. The van der Waals surface area contributed by atoms with E-state index in [0.717, 1.165) is 41.9 Å². The maximum Gasteiger partial charge on any atom is 0.150 e. The number of aromatic amines is 1. The first-order valence-electron chi connectivity index (χ1n) is 8.23. The molecule has 6 nitrogen and oxygen atoms in total. The van der Waals surface area contributed by atoms with Crippen LogP contribution in [0.3, 0.4) is 0 Å². The monoisotopic (exact) mass is 354 g/mol. The van der Waals surface area contributed by atoms with Crippen molar-refractivity contribution in [2.75, 3.05) is 29.9 Å². The Hall–Kier alpha value is -3.21. The van der Waals surface area contributed by atoms with Crippen LogP contribution in [-0.4, -0.2) is 41.1 Å². The predicted octanol–water partition coefficient (Wildman–Crippen LogP) is 2.82. The SMILES string of the molecule is CN(c1c(F)cc(C#N)cc1F)C1CCN(c2ncnc3[nH]ccc23)C1.